The van der Waals surface area contributed by atoms with Crippen LogP contribution in [0.1, 0.15) is 12.0 Å². The highest BCUT2D eigenvalue weighted by Gasteiger charge is 2.16. The number of amides is 1. The highest BCUT2D eigenvalue weighted by Crippen LogP contribution is 2.22. The van der Waals surface area contributed by atoms with Crippen LogP contribution in [0.15, 0.2) is 42.6 Å². The number of nitrogens with one attached hydrogen (secondary N) is 2. The zero-order valence-corrected chi connectivity index (χ0v) is 14.7. The minimum absolute atomic E-state index is 0.0116. The molecule has 1 unspecified atom stereocenters. The van der Waals surface area contributed by atoms with E-state index in [1.807, 2.05) is 36.4 Å². The Morgan fingerprint density at radius 1 is 1.31 bits per heavy atom. The Labute approximate surface area is 152 Å². The van der Waals surface area contributed by atoms with E-state index in [1.165, 1.54) is 0 Å². The number of hydrogen-bond donors (Lipinski definition) is 2. The molecule has 1 aromatic heterocycles. The lowest BCUT2D eigenvalue weighted by atomic mass is 10.2. The van der Waals surface area contributed by atoms with Gasteiger partial charge in [0.15, 0.2) is 0 Å². The summed E-state index contributed by atoms with van der Waals surface area (Å²) in [5.41, 5.74) is 0.921. The fraction of sp³-hybridized carbons (Fsp3) is 0.368. The first-order chi connectivity index (χ1) is 12.7. The zero-order chi connectivity index (χ0) is 18.2. The number of aromatic nitrogens is 1. The first-order valence-corrected chi connectivity index (χ1v) is 8.57. The highest BCUT2D eigenvalue weighted by atomic mass is 16.5. The number of carbonyl (C=O) groups excluding carboxylic acids is 1. The van der Waals surface area contributed by atoms with E-state index >= 15 is 0 Å². The summed E-state index contributed by atoms with van der Waals surface area (Å²) in [6, 6.07) is 11.0. The molecule has 0 spiro atoms. The second-order valence-electron chi connectivity index (χ2n) is 5.99. The van der Waals surface area contributed by atoms with Gasteiger partial charge in [-0.25, -0.2) is 4.98 Å². The fourth-order valence-electron chi connectivity index (χ4n) is 2.63. The average Bonchev–Trinajstić information content (AvgIpc) is 2.68. The minimum Gasteiger partial charge on any atom is -0.497 e. The molecule has 1 fully saturated rings. The molecule has 0 saturated carbocycles. The smallest absolute Gasteiger partial charge is 0.221 e. The van der Waals surface area contributed by atoms with E-state index in [9.17, 15) is 4.79 Å². The van der Waals surface area contributed by atoms with E-state index in [4.69, 9.17) is 14.2 Å². The van der Waals surface area contributed by atoms with Crippen LogP contribution in [0.2, 0.25) is 0 Å². The molecule has 1 aliphatic rings. The molecule has 0 bridgehead atoms. The van der Waals surface area contributed by atoms with Crippen LogP contribution in [0.4, 0.5) is 0 Å². The van der Waals surface area contributed by atoms with Crippen molar-refractivity contribution in [2.24, 2.45) is 0 Å². The molecule has 7 heteroatoms. The van der Waals surface area contributed by atoms with Gasteiger partial charge in [-0.3, -0.25) is 4.79 Å². The third-order valence-electron chi connectivity index (χ3n) is 4.00. The van der Waals surface area contributed by atoms with E-state index in [0.29, 0.717) is 37.8 Å². The molecule has 1 aromatic carbocycles. The van der Waals surface area contributed by atoms with Crippen molar-refractivity contribution in [3.05, 3.63) is 48.2 Å². The summed E-state index contributed by atoms with van der Waals surface area (Å²) >= 11 is 0. The number of nitrogens with zero attached hydrogens (tertiary/aromatic N) is 1. The van der Waals surface area contributed by atoms with Gasteiger partial charge in [0.25, 0.3) is 0 Å². The van der Waals surface area contributed by atoms with Crippen molar-refractivity contribution in [1.29, 1.82) is 0 Å². The largest absolute Gasteiger partial charge is 0.497 e. The summed E-state index contributed by atoms with van der Waals surface area (Å²) in [6.07, 6.45) is 2.07. The van der Waals surface area contributed by atoms with Gasteiger partial charge in [-0.15, -0.1) is 0 Å². The third kappa shape index (κ3) is 5.44. The molecule has 1 amide bonds. The Morgan fingerprint density at radius 3 is 2.85 bits per heavy atom. The van der Waals surface area contributed by atoms with Crippen molar-refractivity contribution < 1.29 is 19.0 Å². The Kier molecular flexibility index (Phi) is 6.40. The van der Waals surface area contributed by atoms with E-state index in [1.54, 1.807) is 13.3 Å². The topological polar surface area (TPSA) is 81.7 Å². The molecule has 7 nitrogen and oxygen atoms in total. The summed E-state index contributed by atoms with van der Waals surface area (Å²) < 4.78 is 16.2. The molecule has 2 heterocycles. The normalized spacial score (nSPS) is 16.7. The standard InChI is InChI=1S/C19H23N3O4/c1-24-16-2-4-17(5-3-16)26-19-10-14(6-7-21-19)12-22-18(23)11-15-13-25-9-8-20-15/h2-7,10,15,20H,8-9,11-13H2,1H3,(H,22,23). The lowest BCUT2D eigenvalue weighted by Gasteiger charge is -2.23. The number of carbonyl (C=O) groups is 1. The van der Waals surface area contributed by atoms with Crippen LogP contribution in [-0.4, -0.2) is 43.8 Å². The summed E-state index contributed by atoms with van der Waals surface area (Å²) in [4.78, 5) is 16.3. The lowest BCUT2D eigenvalue weighted by Crippen LogP contribution is -2.44. The van der Waals surface area contributed by atoms with E-state index < -0.39 is 0 Å². The predicted octanol–water partition coefficient (Wildman–Crippen LogP) is 1.88. The van der Waals surface area contributed by atoms with Crippen LogP contribution in [-0.2, 0) is 16.1 Å². The van der Waals surface area contributed by atoms with Gasteiger partial charge in [0, 0.05) is 37.8 Å². The predicted molar refractivity (Wildman–Crippen MR) is 96.4 cm³/mol. The molecule has 1 atom stereocenters. The number of rotatable bonds is 7. The summed E-state index contributed by atoms with van der Waals surface area (Å²) in [7, 11) is 1.62. The van der Waals surface area contributed by atoms with Crippen molar-refractivity contribution >= 4 is 5.91 Å². The number of pyridine rings is 1. The van der Waals surface area contributed by atoms with Gasteiger partial charge in [0.1, 0.15) is 11.5 Å². The second kappa shape index (κ2) is 9.17. The van der Waals surface area contributed by atoms with E-state index in [2.05, 4.69) is 15.6 Å². The first kappa shape index (κ1) is 18.2. The average molecular weight is 357 g/mol. The highest BCUT2D eigenvalue weighted by molar-refractivity contribution is 5.76. The van der Waals surface area contributed by atoms with Gasteiger partial charge < -0.3 is 24.8 Å². The molecular formula is C19H23N3O4. The minimum atomic E-state index is -0.0116. The molecule has 3 rings (SSSR count). The van der Waals surface area contributed by atoms with Gasteiger partial charge in [-0.2, -0.15) is 0 Å². The fourth-order valence-corrected chi connectivity index (χ4v) is 2.63. The number of morpholine rings is 1. The van der Waals surface area contributed by atoms with Crippen molar-refractivity contribution in [2.75, 3.05) is 26.9 Å². The number of ether oxygens (including phenoxy) is 3. The van der Waals surface area contributed by atoms with Gasteiger partial charge in [-0.1, -0.05) is 0 Å². The second-order valence-corrected chi connectivity index (χ2v) is 5.99. The summed E-state index contributed by atoms with van der Waals surface area (Å²) in [6.45, 7) is 2.48. The van der Waals surface area contributed by atoms with Crippen LogP contribution >= 0.6 is 0 Å². The molecule has 2 N–H and O–H groups in total. The van der Waals surface area contributed by atoms with Crippen molar-refractivity contribution in [2.45, 2.75) is 19.0 Å². The number of benzene rings is 1. The summed E-state index contributed by atoms with van der Waals surface area (Å²) in [5, 5.41) is 6.19. The third-order valence-corrected chi connectivity index (χ3v) is 4.00. The molecule has 26 heavy (non-hydrogen) atoms. The van der Waals surface area contributed by atoms with Gasteiger partial charge in [0.05, 0.1) is 20.3 Å². The quantitative estimate of drug-likeness (QED) is 0.787. The molecule has 0 aliphatic carbocycles. The molecule has 1 aliphatic heterocycles. The first-order valence-electron chi connectivity index (χ1n) is 8.57. The Balaban J connectivity index is 1.50. The maximum Gasteiger partial charge on any atom is 0.221 e. The Bertz CT molecular complexity index is 715. The Hall–Kier alpha value is -2.64. The van der Waals surface area contributed by atoms with Crippen molar-refractivity contribution in [1.82, 2.24) is 15.6 Å². The van der Waals surface area contributed by atoms with Crippen molar-refractivity contribution in [3.8, 4) is 17.4 Å². The van der Waals surface area contributed by atoms with Crippen LogP contribution in [0.5, 0.6) is 17.4 Å². The Morgan fingerprint density at radius 2 is 2.12 bits per heavy atom. The van der Waals surface area contributed by atoms with Gasteiger partial charge in [-0.05, 0) is 35.9 Å². The molecule has 2 aromatic rings. The molecule has 138 valence electrons. The van der Waals surface area contributed by atoms with Gasteiger partial charge in [0.2, 0.25) is 11.8 Å². The monoisotopic (exact) mass is 357 g/mol. The van der Waals surface area contributed by atoms with Crippen LogP contribution < -0.4 is 20.1 Å². The molecule has 0 radical (unpaired) electrons. The maximum absolute atomic E-state index is 12.1. The van der Waals surface area contributed by atoms with E-state index in [0.717, 1.165) is 17.9 Å². The molecular weight excluding hydrogens is 334 g/mol. The zero-order valence-electron chi connectivity index (χ0n) is 14.7. The SMILES string of the molecule is COc1ccc(Oc2cc(CNC(=O)CC3COCCN3)ccn2)cc1. The van der Waals surface area contributed by atoms with E-state index in [-0.39, 0.29) is 11.9 Å². The maximum atomic E-state index is 12.1. The number of methoxy groups -OCH3 is 1. The van der Waals surface area contributed by atoms with Gasteiger partial charge >= 0.3 is 0 Å². The van der Waals surface area contributed by atoms with Crippen LogP contribution in [0.25, 0.3) is 0 Å². The number of hydrogen-bond acceptors (Lipinski definition) is 6. The van der Waals surface area contributed by atoms with Crippen LogP contribution in [0.3, 0.4) is 0 Å². The lowest BCUT2D eigenvalue weighted by molar-refractivity contribution is -0.122. The summed E-state index contributed by atoms with van der Waals surface area (Å²) in [5.74, 6) is 1.90. The van der Waals surface area contributed by atoms with Crippen molar-refractivity contribution in [3.63, 3.8) is 0 Å². The molecule has 1 saturated heterocycles. The van der Waals surface area contributed by atoms with Crippen LogP contribution in [0, 0.1) is 0 Å².